The molecule has 0 aromatic heterocycles. The third-order valence-electron chi connectivity index (χ3n) is 2.91. The zero-order chi connectivity index (χ0) is 15.3. The third kappa shape index (κ3) is 3.55. The minimum atomic E-state index is -0.211. The molecule has 5 nitrogen and oxygen atoms in total. The Morgan fingerprint density at radius 3 is 2.45 bits per heavy atom. The molecule has 0 radical (unpaired) electrons. The van der Waals surface area contributed by atoms with Crippen molar-refractivity contribution in [1.29, 1.82) is 0 Å². The van der Waals surface area contributed by atoms with Crippen molar-refractivity contribution in [1.82, 2.24) is 4.90 Å². The maximum atomic E-state index is 12.5. The zero-order valence-corrected chi connectivity index (χ0v) is 12.9. The number of ether oxygens (including phenoxy) is 2. The fourth-order valence-electron chi connectivity index (χ4n) is 1.91. The van der Waals surface area contributed by atoms with E-state index in [0.717, 1.165) is 0 Å². The Bertz CT molecular complexity index is 476. The molecule has 0 aliphatic carbocycles. The molecule has 0 saturated heterocycles. The van der Waals surface area contributed by atoms with Crippen molar-refractivity contribution >= 4 is 17.5 Å². The van der Waals surface area contributed by atoms with Gasteiger partial charge in [0, 0.05) is 18.2 Å². The van der Waals surface area contributed by atoms with Gasteiger partial charge in [0.1, 0.15) is 0 Å². The summed E-state index contributed by atoms with van der Waals surface area (Å²) in [5, 5.41) is 9.36. The number of hydrogen-bond acceptors (Lipinski definition) is 4. The molecule has 1 aromatic carbocycles. The molecule has 0 unspecified atom stereocenters. The van der Waals surface area contributed by atoms with E-state index in [4.69, 9.17) is 26.2 Å². The Morgan fingerprint density at radius 2 is 2.00 bits per heavy atom. The molecule has 0 fully saturated rings. The minimum absolute atomic E-state index is 0.0264. The van der Waals surface area contributed by atoms with E-state index in [2.05, 4.69) is 0 Å². The van der Waals surface area contributed by atoms with Crippen molar-refractivity contribution in [2.45, 2.75) is 19.9 Å². The molecule has 1 aromatic rings. The average molecular weight is 302 g/mol. The lowest BCUT2D eigenvalue weighted by Crippen LogP contribution is -2.39. The number of amides is 1. The highest BCUT2D eigenvalue weighted by molar-refractivity contribution is 6.32. The van der Waals surface area contributed by atoms with Crippen LogP contribution < -0.4 is 9.47 Å². The Kier molecular flexibility index (Phi) is 6.10. The average Bonchev–Trinajstić information content (AvgIpc) is 2.42. The minimum Gasteiger partial charge on any atom is -0.493 e. The highest BCUT2D eigenvalue weighted by atomic mass is 35.5. The third-order valence-corrected chi connectivity index (χ3v) is 3.19. The molecule has 0 saturated carbocycles. The molecule has 1 N–H and O–H groups in total. The molecule has 112 valence electrons. The van der Waals surface area contributed by atoms with Crippen LogP contribution in [-0.4, -0.2) is 49.3 Å². The molecule has 0 heterocycles. The second-order valence-corrected chi connectivity index (χ2v) is 4.92. The summed E-state index contributed by atoms with van der Waals surface area (Å²) < 4.78 is 10.3. The predicted octanol–water partition coefficient (Wildman–Crippen LogP) is 2.20. The fourth-order valence-corrected chi connectivity index (χ4v) is 2.20. The van der Waals surface area contributed by atoms with E-state index in [-0.39, 0.29) is 25.1 Å². The number of rotatable bonds is 6. The Hall–Kier alpha value is -1.46. The van der Waals surface area contributed by atoms with Gasteiger partial charge in [0.05, 0.1) is 25.8 Å². The molecule has 0 aliphatic heterocycles. The van der Waals surface area contributed by atoms with Gasteiger partial charge >= 0.3 is 0 Å². The number of nitrogens with zero attached hydrogens (tertiary/aromatic N) is 1. The number of carbonyl (C=O) groups excluding carboxylic acids is 1. The van der Waals surface area contributed by atoms with Crippen LogP contribution in [0.1, 0.15) is 24.2 Å². The molecule has 0 bridgehead atoms. The van der Waals surface area contributed by atoms with E-state index in [9.17, 15) is 4.79 Å². The van der Waals surface area contributed by atoms with Gasteiger partial charge in [0.2, 0.25) is 0 Å². The SMILES string of the molecule is COc1cc(C(=O)N(CCO)C(C)C)cc(Cl)c1OC. The number of aliphatic hydroxyl groups excluding tert-OH is 1. The van der Waals surface area contributed by atoms with E-state index in [0.29, 0.717) is 22.1 Å². The van der Waals surface area contributed by atoms with E-state index >= 15 is 0 Å². The van der Waals surface area contributed by atoms with Crippen molar-refractivity contribution in [3.8, 4) is 11.5 Å². The highest BCUT2D eigenvalue weighted by Gasteiger charge is 2.21. The molecular weight excluding hydrogens is 282 g/mol. The summed E-state index contributed by atoms with van der Waals surface area (Å²) in [7, 11) is 2.97. The Balaban J connectivity index is 3.18. The standard InChI is InChI=1S/C14H20ClNO4/c1-9(2)16(5-6-17)14(18)10-7-11(15)13(20-4)12(8-10)19-3/h7-9,17H,5-6H2,1-4H3. The smallest absolute Gasteiger partial charge is 0.254 e. The molecule has 0 atom stereocenters. The maximum absolute atomic E-state index is 12.5. The van der Waals surface area contributed by atoms with Gasteiger partial charge in [0.25, 0.3) is 5.91 Å². The van der Waals surface area contributed by atoms with E-state index in [1.165, 1.54) is 20.3 Å². The molecule has 6 heteroatoms. The van der Waals surface area contributed by atoms with Crippen LogP contribution in [0.25, 0.3) is 0 Å². The highest BCUT2D eigenvalue weighted by Crippen LogP contribution is 2.36. The largest absolute Gasteiger partial charge is 0.493 e. The maximum Gasteiger partial charge on any atom is 0.254 e. The van der Waals surface area contributed by atoms with Crippen LogP contribution >= 0.6 is 11.6 Å². The second kappa shape index (κ2) is 7.36. The number of hydrogen-bond donors (Lipinski definition) is 1. The lowest BCUT2D eigenvalue weighted by atomic mass is 10.1. The van der Waals surface area contributed by atoms with Crippen LogP contribution in [-0.2, 0) is 0 Å². The van der Waals surface area contributed by atoms with Crippen molar-refractivity contribution < 1.29 is 19.4 Å². The van der Waals surface area contributed by atoms with E-state index < -0.39 is 0 Å². The lowest BCUT2D eigenvalue weighted by molar-refractivity contribution is 0.0665. The molecule has 0 aliphatic rings. The summed E-state index contributed by atoms with van der Waals surface area (Å²) in [4.78, 5) is 14.0. The first-order chi connectivity index (χ1) is 9.46. The first-order valence-electron chi connectivity index (χ1n) is 6.29. The second-order valence-electron chi connectivity index (χ2n) is 4.51. The number of halogens is 1. The monoisotopic (exact) mass is 301 g/mol. The van der Waals surface area contributed by atoms with Crippen LogP contribution in [0, 0.1) is 0 Å². The fraction of sp³-hybridized carbons (Fsp3) is 0.500. The summed E-state index contributed by atoms with van der Waals surface area (Å²) in [6, 6.07) is 3.10. The number of aliphatic hydroxyl groups is 1. The van der Waals surface area contributed by atoms with Gasteiger partial charge in [-0.2, -0.15) is 0 Å². The Labute approximate surface area is 124 Å². The summed E-state index contributed by atoms with van der Waals surface area (Å²) in [5.74, 6) is 0.580. The van der Waals surface area contributed by atoms with Gasteiger partial charge in [-0.05, 0) is 26.0 Å². The lowest BCUT2D eigenvalue weighted by Gasteiger charge is -2.26. The first kappa shape index (κ1) is 16.6. The van der Waals surface area contributed by atoms with Crippen LogP contribution in [0.5, 0.6) is 11.5 Å². The first-order valence-corrected chi connectivity index (χ1v) is 6.67. The van der Waals surface area contributed by atoms with Gasteiger partial charge in [-0.15, -0.1) is 0 Å². The number of benzene rings is 1. The number of methoxy groups -OCH3 is 2. The number of carbonyl (C=O) groups is 1. The molecule has 0 spiro atoms. The molecular formula is C14H20ClNO4. The van der Waals surface area contributed by atoms with Crippen LogP contribution in [0.15, 0.2) is 12.1 Å². The van der Waals surface area contributed by atoms with E-state index in [1.807, 2.05) is 13.8 Å². The van der Waals surface area contributed by atoms with Crippen molar-refractivity contribution in [3.05, 3.63) is 22.7 Å². The van der Waals surface area contributed by atoms with Crippen molar-refractivity contribution in [3.63, 3.8) is 0 Å². The quantitative estimate of drug-likeness (QED) is 0.875. The van der Waals surface area contributed by atoms with E-state index in [1.54, 1.807) is 11.0 Å². The van der Waals surface area contributed by atoms with Gasteiger partial charge in [-0.25, -0.2) is 0 Å². The summed E-state index contributed by atoms with van der Waals surface area (Å²) >= 11 is 6.09. The normalized spacial score (nSPS) is 10.6. The van der Waals surface area contributed by atoms with Gasteiger partial charge in [-0.3, -0.25) is 4.79 Å². The van der Waals surface area contributed by atoms with Gasteiger partial charge in [0.15, 0.2) is 11.5 Å². The molecule has 1 rings (SSSR count). The summed E-state index contributed by atoms with van der Waals surface area (Å²) in [5.41, 5.74) is 0.398. The van der Waals surface area contributed by atoms with Gasteiger partial charge in [-0.1, -0.05) is 11.6 Å². The van der Waals surface area contributed by atoms with Crippen LogP contribution in [0.2, 0.25) is 5.02 Å². The summed E-state index contributed by atoms with van der Waals surface area (Å²) in [6.45, 7) is 3.94. The molecule has 1 amide bonds. The van der Waals surface area contributed by atoms with Crippen LogP contribution in [0.3, 0.4) is 0 Å². The van der Waals surface area contributed by atoms with Crippen LogP contribution in [0.4, 0.5) is 0 Å². The Morgan fingerprint density at radius 1 is 1.35 bits per heavy atom. The topological polar surface area (TPSA) is 59.0 Å². The van der Waals surface area contributed by atoms with Crippen molar-refractivity contribution in [2.75, 3.05) is 27.4 Å². The zero-order valence-electron chi connectivity index (χ0n) is 12.1. The summed E-state index contributed by atoms with van der Waals surface area (Å²) in [6.07, 6.45) is 0. The molecule has 20 heavy (non-hydrogen) atoms. The van der Waals surface area contributed by atoms with Crippen molar-refractivity contribution in [2.24, 2.45) is 0 Å². The van der Waals surface area contributed by atoms with Gasteiger partial charge < -0.3 is 19.5 Å². The predicted molar refractivity (Wildman–Crippen MR) is 77.8 cm³/mol.